The highest BCUT2D eigenvalue weighted by molar-refractivity contribution is 6.13. The minimum atomic E-state index is 0.368. The SMILES string of the molecule is C=C(Nc1ccc(C(=C)N2CCCC2)nc1)C(=N)c1cc(-c2cncc(CN3CCCCC3)c2)ccc1C. The maximum Gasteiger partial charge on any atom is 0.0858 e. The van der Waals surface area contributed by atoms with Gasteiger partial charge in [0, 0.05) is 43.2 Å². The van der Waals surface area contributed by atoms with Crippen LogP contribution in [0.3, 0.4) is 0 Å². The fourth-order valence-electron chi connectivity index (χ4n) is 5.37. The zero-order chi connectivity index (χ0) is 26.5. The van der Waals surface area contributed by atoms with Crippen molar-refractivity contribution >= 4 is 17.1 Å². The van der Waals surface area contributed by atoms with Crippen LogP contribution in [0.5, 0.6) is 0 Å². The van der Waals surface area contributed by atoms with E-state index in [9.17, 15) is 0 Å². The Kier molecular flexibility index (Phi) is 7.99. The second-order valence-corrected chi connectivity index (χ2v) is 10.5. The van der Waals surface area contributed by atoms with E-state index < -0.39 is 0 Å². The number of nitrogens with zero attached hydrogens (tertiary/aromatic N) is 4. The van der Waals surface area contributed by atoms with Gasteiger partial charge in [-0.1, -0.05) is 31.7 Å². The largest absolute Gasteiger partial charge is 0.370 e. The number of allylic oxidation sites excluding steroid dienone is 1. The van der Waals surface area contributed by atoms with Gasteiger partial charge in [0.25, 0.3) is 0 Å². The maximum atomic E-state index is 8.90. The van der Waals surface area contributed by atoms with Crippen LogP contribution >= 0.6 is 0 Å². The van der Waals surface area contributed by atoms with Crippen molar-refractivity contribution in [3.8, 4) is 11.1 Å². The summed E-state index contributed by atoms with van der Waals surface area (Å²) in [5, 5.41) is 12.2. The molecule has 1 aromatic carbocycles. The van der Waals surface area contributed by atoms with E-state index in [0.29, 0.717) is 11.4 Å². The highest BCUT2D eigenvalue weighted by Crippen LogP contribution is 2.26. The average molecular weight is 507 g/mol. The molecule has 6 heteroatoms. The van der Waals surface area contributed by atoms with Crippen LogP contribution in [-0.4, -0.2) is 51.7 Å². The minimum Gasteiger partial charge on any atom is -0.370 e. The highest BCUT2D eigenvalue weighted by atomic mass is 15.2. The van der Waals surface area contributed by atoms with E-state index in [0.717, 1.165) is 72.1 Å². The Balaban J connectivity index is 1.27. The van der Waals surface area contributed by atoms with Crippen LogP contribution in [0.1, 0.15) is 54.5 Å². The fraction of sp³-hybridized carbons (Fsp3) is 0.344. The van der Waals surface area contributed by atoms with Gasteiger partial charge in [-0.25, -0.2) is 0 Å². The van der Waals surface area contributed by atoms with E-state index in [1.165, 1.54) is 37.7 Å². The molecule has 0 aliphatic carbocycles. The zero-order valence-corrected chi connectivity index (χ0v) is 22.5. The molecule has 0 saturated carbocycles. The summed E-state index contributed by atoms with van der Waals surface area (Å²) >= 11 is 0. The fourth-order valence-corrected chi connectivity index (χ4v) is 5.37. The van der Waals surface area contributed by atoms with Gasteiger partial charge in [0.05, 0.1) is 34.7 Å². The topological polar surface area (TPSA) is 68.1 Å². The van der Waals surface area contributed by atoms with Crippen molar-refractivity contribution in [3.63, 3.8) is 0 Å². The summed E-state index contributed by atoms with van der Waals surface area (Å²) in [6.07, 6.45) is 12.0. The van der Waals surface area contributed by atoms with E-state index in [4.69, 9.17) is 5.41 Å². The summed E-state index contributed by atoms with van der Waals surface area (Å²) < 4.78 is 0. The Morgan fingerprint density at radius 1 is 0.895 bits per heavy atom. The third-order valence-corrected chi connectivity index (χ3v) is 7.63. The van der Waals surface area contributed by atoms with Crippen molar-refractivity contribution < 1.29 is 0 Å². The molecule has 2 aromatic heterocycles. The number of rotatable bonds is 9. The molecule has 0 atom stereocenters. The molecule has 2 saturated heterocycles. The standard InChI is InChI=1S/C32H38N6/c1-23-9-10-27(28-17-26(19-34-20-28)22-37-13-5-4-6-14-37)18-30(23)32(33)24(2)36-29-11-12-31(35-21-29)25(3)38-15-7-8-16-38/h9-12,17-21,33,36H,2-8,13-16,22H2,1H3. The molecule has 3 aromatic rings. The van der Waals surface area contributed by atoms with Crippen molar-refractivity contribution in [1.82, 2.24) is 19.8 Å². The first kappa shape index (κ1) is 25.9. The molecule has 196 valence electrons. The van der Waals surface area contributed by atoms with E-state index in [1.807, 2.05) is 31.5 Å². The highest BCUT2D eigenvalue weighted by Gasteiger charge is 2.16. The second-order valence-electron chi connectivity index (χ2n) is 10.5. The number of nitrogens with one attached hydrogen (secondary N) is 2. The number of hydrogen-bond acceptors (Lipinski definition) is 6. The van der Waals surface area contributed by atoms with Crippen LogP contribution in [0.2, 0.25) is 0 Å². The smallest absolute Gasteiger partial charge is 0.0858 e. The number of anilines is 1. The summed E-state index contributed by atoms with van der Waals surface area (Å²) in [6.45, 7) is 15.8. The molecule has 0 spiro atoms. The number of piperidine rings is 1. The first-order valence-electron chi connectivity index (χ1n) is 13.7. The summed E-state index contributed by atoms with van der Waals surface area (Å²) in [6, 6.07) is 12.5. The molecule has 4 heterocycles. The molecule has 0 radical (unpaired) electrons. The number of likely N-dealkylation sites (tertiary alicyclic amines) is 2. The van der Waals surface area contributed by atoms with Crippen molar-refractivity contribution in [2.45, 2.75) is 45.6 Å². The van der Waals surface area contributed by atoms with Crippen LogP contribution < -0.4 is 5.32 Å². The molecule has 0 amide bonds. The molecule has 2 aliphatic rings. The Hall–Kier alpha value is -3.77. The van der Waals surface area contributed by atoms with Gasteiger partial charge in [-0.05, 0) is 86.7 Å². The molecule has 2 N–H and O–H groups in total. The van der Waals surface area contributed by atoms with Gasteiger partial charge < -0.3 is 10.2 Å². The van der Waals surface area contributed by atoms with Crippen molar-refractivity contribution in [2.75, 3.05) is 31.5 Å². The predicted molar refractivity (Wildman–Crippen MR) is 157 cm³/mol. The van der Waals surface area contributed by atoms with Crippen LogP contribution in [-0.2, 0) is 6.54 Å². The molecule has 2 aliphatic heterocycles. The van der Waals surface area contributed by atoms with Crippen molar-refractivity contribution in [1.29, 1.82) is 5.41 Å². The summed E-state index contributed by atoms with van der Waals surface area (Å²) in [5.41, 5.74) is 8.83. The summed E-state index contributed by atoms with van der Waals surface area (Å²) in [4.78, 5) is 13.9. The summed E-state index contributed by atoms with van der Waals surface area (Å²) in [7, 11) is 0. The lowest BCUT2D eigenvalue weighted by atomic mass is 9.96. The van der Waals surface area contributed by atoms with Gasteiger partial charge in [0.1, 0.15) is 0 Å². The third kappa shape index (κ3) is 6.03. The maximum absolute atomic E-state index is 8.90. The van der Waals surface area contributed by atoms with Gasteiger partial charge in [0.15, 0.2) is 0 Å². The molecule has 0 unspecified atom stereocenters. The lowest BCUT2D eigenvalue weighted by molar-refractivity contribution is 0.220. The van der Waals surface area contributed by atoms with E-state index in [1.54, 1.807) is 6.20 Å². The van der Waals surface area contributed by atoms with E-state index >= 15 is 0 Å². The van der Waals surface area contributed by atoms with E-state index in [2.05, 4.69) is 62.5 Å². The number of aromatic nitrogens is 2. The first-order valence-corrected chi connectivity index (χ1v) is 13.7. The van der Waals surface area contributed by atoms with Gasteiger partial charge >= 0.3 is 0 Å². The molecule has 0 bridgehead atoms. The van der Waals surface area contributed by atoms with Crippen LogP contribution in [0, 0.1) is 12.3 Å². The van der Waals surface area contributed by atoms with Crippen molar-refractivity contribution in [2.24, 2.45) is 0 Å². The van der Waals surface area contributed by atoms with Gasteiger partial charge in [-0.2, -0.15) is 0 Å². The molecule has 2 fully saturated rings. The Morgan fingerprint density at radius 2 is 1.66 bits per heavy atom. The second kappa shape index (κ2) is 11.7. The minimum absolute atomic E-state index is 0.368. The van der Waals surface area contributed by atoms with Crippen LogP contribution in [0.15, 0.2) is 73.8 Å². The number of pyridine rings is 2. The predicted octanol–water partition coefficient (Wildman–Crippen LogP) is 6.50. The van der Waals surface area contributed by atoms with Gasteiger partial charge in [-0.3, -0.25) is 20.3 Å². The molecule has 6 nitrogen and oxygen atoms in total. The molecular weight excluding hydrogens is 468 g/mol. The Labute approximate surface area is 226 Å². The number of hydrogen-bond donors (Lipinski definition) is 2. The lowest BCUT2D eigenvalue weighted by Gasteiger charge is -2.26. The quantitative estimate of drug-likeness (QED) is 0.324. The average Bonchev–Trinajstić information content (AvgIpc) is 3.49. The Morgan fingerprint density at radius 3 is 2.39 bits per heavy atom. The van der Waals surface area contributed by atoms with Crippen LogP contribution in [0.25, 0.3) is 16.8 Å². The zero-order valence-electron chi connectivity index (χ0n) is 22.5. The lowest BCUT2D eigenvalue weighted by Crippen LogP contribution is -2.29. The van der Waals surface area contributed by atoms with Crippen molar-refractivity contribution in [3.05, 3.63) is 96.2 Å². The molecule has 5 rings (SSSR count). The summed E-state index contributed by atoms with van der Waals surface area (Å²) in [5.74, 6) is 0. The van der Waals surface area contributed by atoms with Crippen LogP contribution in [0.4, 0.5) is 5.69 Å². The normalized spacial score (nSPS) is 15.9. The van der Waals surface area contributed by atoms with Gasteiger partial charge in [-0.15, -0.1) is 0 Å². The monoisotopic (exact) mass is 506 g/mol. The Bertz CT molecular complexity index is 1310. The molecule has 38 heavy (non-hydrogen) atoms. The third-order valence-electron chi connectivity index (χ3n) is 7.63. The first-order chi connectivity index (χ1) is 18.5. The number of aryl methyl sites for hydroxylation is 1. The van der Waals surface area contributed by atoms with E-state index in [-0.39, 0.29) is 0 Å². The van der Waals surface area contributed by atoms with Gasteiger partial charge in [0.2, 0.25) is 0 Å². The number of benzene rings is 1. The molecular formula is C32H38N6.